The van der Waals surface area contributed by atoms with Gasteiger partial charge in [-0.05, 0) is 51.9 Å². The summed E-state index contributed by atoms with van der Waals surface area (Å²) in [5.41, 5.74) is 1.28. The molecule has 2 saturated heterocycles. The van der Waals surface area contributed by atoms with Gasteiger partial charge >= 0.3 is 0 Å². The Morgan fingerprint density at radius 2 is 2.00 bits per heavy atom. The van der Waals surface area contributed by atoms with Crippen LogP contribution in [0.2, 0.25) is 0 Å². The van der Waals surface area contributed by atoms with Crippen LogP contribution in [0.3, 0.4) is 0 Å². The Bertz CT molecular complexity index is 665. The highest BCUT2D eigenvalue weighted by atomic mass is 15.5. The van der Waals surface area contributed by atoms with Gasteiger partial charge in [-0.2, -0.15) is 0 Å². The lowest BCUT2D eigenvalue weighted by Crippen LogP contribution is -2.43. The lowest BCUT2D eigenvalue weighted by molar-refractivity contribution is 0.128. The quantitative estimate of drug-likeness (QED) is 0.792. The first-order valence-corrected chi connectivity index (χ1v) is 7.78. The van der Waals surface area contributed by atoms with Crippen LogP contribution in [0.15, 0.2) is 12.1 Å². The number of anilines is 1. The molecule has 0 aliphatic carbocycles. The molecular formula is C15H22N6. The van der Waals surface area contributed by atoms with E-state index in [1.807, 2.05) is 13.0 Å². The average Bonchev–Trinajstić information content (AvgIpc) is 3.00. The van der Waals surface area contributed by atoms with Crippen molar-refractivity contribution in [1.29, 1.82) is 0 Å². The van der Waals surface area contributed by atoms with Crippen LogP contribution in [-0.4, -0.2) is 57.9 Å². The second-order valence-corrected chi connectivity index (χ2v) is 6.71. The fourth-order valence-corrected chi connectivity index (χ4v) is 3.97. The summed E-state index contributed by atoms with van der Waals surface area (Å²) in [6.45, 7) is 6.57. The normalized spacial score (nSPS) is 27.0. The Hall–Kier alpha value is -1.69. The molecule has 2 aliphatic rings. The highest BCUT2D eigenvalue weighted by molar-refractivity contribution is 5.46. The largest absolute Gasteiger partial charge is 0.355 e. The fraction of sp³-hybridized carbons (Fsp3) is 0.667. The molecule has 2 aromatic heterocycles. The zero-order valence-corrected chi connectivity index (χ0v) is 12.8. The molecule has 112 valence electrons. The van der Waals surface area contributed by atoms with Gasteiger partial charge in [0.25, 0.3) is 0 Å². The number of hydrogen-bond acceptors (Lipinski definition) is 5. The molecule has 1 spiro atoms. The molecular weight excluding hydrogens is 264 g/mol. The minimum Gasteiger partial charge on any atom is -0.355 e. The zero-order valence-electron chi connectivity index (χ0n) is 12.8. The first kappa shape index (κ1) is 13.0. The number of aryl methyl sites for hydroxylation is 1. The minimum atomic E-state index is 0.460. The van der Waals surface area contributed by atoms with Gasteiger partial charge < -0.3 is 9.80 Å². The van der Waals surface area contributed by atoms with E-state index in [0.29, 0.717) is 5.41 Å². The number of hydrogen-bond donors (Lipinski definition) is 0. The molecule has 21 heavy (non-hydrogen) atoms. The van der Waals surface area contributed by atoms with Crippen molar-refractivity contribution in [2.75, 3.05) is 38.1 Å². The molecule has 2 aliphatic heterocycles. The van der Waals surface area contributed by atoms with E-state index in [1.165, 1.54) is 32.4 Å². The van der Waals surface area contributed by atoms with Crippen molar-refractivity contribution >= 4 is 11.5 Å². The van der Waals surface area contributed by atoms with Gasteiger partial charge in [0.1, 0.15) is 5.82 Å². The molecule has 6 nitrogen and oxygen atoms in total. The van der Waals surface area contributed by atoms with Gasteiger partial charge in [0, 0.05) is 25.0 Å². The van der Waals surface area contributed by atoms with Crippen LogP contribution in [0.1, 0.15) is 25.1 Å². The molecule has 4 rings (SSSR count). The van der Waals surface area contributed by atoms with Crippen molar-refractivity contribution in [2.24, 2.45) is 5.41 Å². The van der Waals surface area contributed by atoms with Gasteiger partial charge in [0.15, 0.2) is 11.5 Å². The first-order chi connectivity index (χ1) is 10.1. The van der Waals surface area contributed by atoms with Crippen molar-refractivity contribution in [1.82, 2.24) is 24.7 Å². The van der Waals surface area contributed by atoms with Gasteiger partial charge in [-0.15, -0.1) is 14.8 Å². The number of fused-ring (bicyclic) bond motifs is 1. The van der Waals surface area contributed by atoms with E-state index < -0.39 is 0 Å². The molecule has 6 heteroatoms. The molecule has 2 aromatic rings. The Labute approximate surface area is 124 Å². The Kier molecular flexibility index (Phi) is 2.89. The van der Waals surface area contributed by atoms with Gasteiger partial charge in [-0.25, -0.2) is 4.98 Å². The van der Waals surface area contributed by atoms with Crippen molar-refractivity contribution in [3.63, 3.8) is 0 Å². The molecule has 1 atom stereocenters. The fourth-order valence-electron chi connectivity index (χ4n) is 3.97. The van der Waals surface area contributed by atoms with Crippen LogP contribution in [-0.2, 0) is 0 Å². The van der Waals surface area contributed by atoms with Crippen molar-refractivity contribution in [3.05, 3.63) is 18.0 Å². The number of aromatic nitrogens is 4. The van der Waals surface area contributed by atoms with Crippen LogP contribution in [0, 0.1) is 12.3 Å². The summed E-state index contributed by atoms with van der Waals surface area (Å²) in [6.07, 6.45) is 3.94. The summed E-state index contributed by atoms with van der Waals surface area (Å²) in [5, 5.41) is 8.95. The monoisotopic (exact) mass is 286 g/mol. The highest BCUT2D eigenvalue weighted by Gasteiger charge is 2.41. The van der Waals surface area contributed by atoms with E-state index in [9.17, 15) is 0 Å². The van der Waals surface area contributed by atoms with Crippen LogP contribution >= 0.6 is 0 Å². The molecule has 0 N–H and O–H groups in total. The summed E-state index contributed by atoms with van der Waals surface area (Å²) in [7, 11) is 2.24. The van der Waals surface area contributed by atoms with E-state index in [4.69, 9.17) is 0 Å². The third-order valence-corrected chi connectivity index (χ3v) is 4.91. The van der Waals surface area contributed by atoms with Gasteiger partial charge in [0.2, 0.25) is 0 Å². The van der Waals surface area contributed by atoms with E-state index in [1.54, 1.807) is 4.63 Å². The average molecular weight is 286 g/mol. The second kappa shape index (κ2) is 4.66. The molecule has 4 heterocycles. The van der Waals surface area contributed by atoms with Gasteiger partial charge in [-0.1, -0.05) is 0 Å². The predicted octanol–water partition coefficient (Wildman–Crippen LogP) is 1.35. The van der Waals surface area contributed by atoms with E-state index in [2.05, 4.69) is 38.1 Å². The van der Waals surface area contributed by atoms with Gasteiger partial charge in [-0.3, -0.25) is 0 Å². The summed E-state index contributed by atoms with van der Waals surface area (Å²) < 4.78 is 1.66. The summed E-state index contributed by atoms with van der Waals surface area (Å²) in [5.74, 6) is 1.80. The predicted molar refractivity (Wildman–Crippen MR) is 81.5 cm³/mol. The van der Waals surface area contributed by atoms with Crippen LogP contribution in [0.25, 0.3) is 5.65 Å². The Morgan fingerprint density at radius 3 is 2.86 bits per heavy atom. The molecule has 0 saturated carbocycles. The smallest absolute Gasteiger partial charge is 0.176 e. The van der Waals surface area contributed by atoms with E-state index in [-0.39, 0.29) is 0 Å². The standard InChI is InChI=1S/C15H22N6/c1-12-16-13-4-5-14(18-21(13)17-12)20-9-7-15(11-20)6-3-8-19(2)10-15/h4-5H,3,6-11H2,1-2H3. The number of piperidine rings is 1. The van der Waals surface area contributed by atoms with Gasteiger partial charge in [0.05, 0.1) is 0 Å². The number of rotatable bonds is 1. The highest BCUT2D eigenvalue weighted by Crippen LogP contribution is 2.39. The molecule has 0 aromatic carbocycles. The van der Waals surface area contributed by atoms with Crippen molar-refractivity contribution in [2.45, 2.75) is 26.2 Å². The molecule has 0 radical (unpaired) electrons. The lowest BCUT2D eigenvalue weighted by Gasteiger charge is -2.38. The van der Waals surface area contributed by atoms with Crippen LogP contribution in [0.5, 0.6) is 0 Å². The first-order valence-electron chi connectivity index (χ1n) is 7.78. The minimum absolute atomic E-state index is 0.460. The Morgan fingerprint density at radius 1 is 1.10 bits per heavy atom. The molecule has 0 amide bonds. The lowest BCUT2D eigenvalue weighted by atomic mass is 9.79. The molecule has 1 unspecified atom stereocenters. The summed E-state index contributed by atoms with van der Waals surface area (Å²) in [6, 6.07) is 4.09. The van der Waals surface area contributed by atoms with Crippen molar-refractivity contribution < 1.29 is 0 Å². The number of likely N-dealkylation sites (tertiary alicyclic amines) is 1. The van der Waals surface area contributed by atoms with E-state index in [0.717, 1.165) is 30.4 Å². The summed E-state index contributed by atoms with van der Waals surface area (Å²) in [4.78, 5) is 9.23. The van der Waals surface area contributed by atoms with Crippen LogP contribution < -0.4 is 4.90 Å². The summed E-state index contributed by atoms with van der Waals surface area (Å²) >= 11 is 0. The zero-order chi connectivity index (χ0) is 14.4. The maximum Gasteiger partial charge on any atom is 0.176 e. The molecule has 2 fully saturated rings. The molecule has 0 bridgehead atoms. The third-order valence-electron chi connectivity index (χ3n) is 4.91. The number of nitrogens with zero attached hydrogens (tertiary/aromatic N) is 6. The van der Waals surface area contributed by atoms with E-state index >= 15 is 0 Å². The maximum absolute atomic E-state index is 4.63. The maximum atomic E-state index is 4.63. The second-order valence-electron chi connectivity index (χ2n) is 6.71. The van der Waals surface area contributed by atoms with Crippen LogP contribution in [0.4, 0.5) is 5.82 Å². The SMILES string of the molecule is Cc1nc2ccc(N3CCC4(CCCN(C)C4)C3)nn2n1. The topological polar surface area (TPSA) is 49.6 Å². The third kappa shape index (κ3) is 2.27. The Balaban J connectivity index is 1.58. The van der Waals surface area contributed by atoms with Crippen molar-refractivity contribution in [3.8, 4) is 0 Å².